The van der Waals surface area contributed by atoms with E-state index in [2.05, 4.69) is 10.3 Å². The van der Waals surface area contributed by atoms with E-state index in [1.165, 1.54) is 0 Å². The molecule has 0 unspecified atom stereocenters. The van der Waals surface area contributed by atoms with Gasteiger partial charge in [-0.25, -0.2) is 4.79 Å². The summed E-state index contributed by atoms with van der Waals surface area (Å²) in [5.41, 5.74) is 0.653. The van der Waals surface area contributed by atoms with Gasteiger partial charge in [0.1, 0.15) is 5.69 Å². The van der Waals surface area contributed by atoms with Crippen molar-refractivity contribution in [3.05, 3.63) is 47.3 Å². The molecule has 0 radical (unpaired) electrons. The molecule has 0 spiro atoms. The third-order valence-corrected chi connectivity index (χ3v) is 4.01. The van der Waals surface area contributed by atoms with E-state index >= 15 is 0 Å². The van der Waals surface area contributed by atoms with E-state index in [-0.39, 0.29) is 24.5 Å². The van der Waals surface area contributed by atoms with Crippen molar-refractivity contribution < 1.29 is 24.2 Å². The fourth-order valence-electron chi connectivity index (χ4n) is 2.66. The number of aryl methyl sites for hydroxylation is 1. The first-order chi connectivity index (χ1) is 12.7. The molecule has 7 heteroatoms. The Morgan fingerprint density at radius 2 is 1.81 bits per heavy atom. The number of aromatic nitrogens is 1. The second-order valence-corrected chi connectivity index (χ2v) is 6.79. The zero-order valence-corrected chi connectivity index (χ0v) is 15.9. The fraction of sp³-hybridized carbons (Fsp3) is 0.350. The first-order valence-corrected chi connectivity index (χ1v) is 8.64. The third-order valence-electron chi connectivity index (χ3n) is 4.01. The van der Waals surface area contributed by atoms with Gasteiger partial charge in [-0.15, -0.1) is 0 Å². The van der Waals surface area contributed by atoms with Crippen LogP contribution < -0.4 is 5.32 Å². The average Bonchev–Trinajstić information content (AvgIpc) is 2.98. The summed E-state index contributed by atoms with van der Waals surface area (Å²) >= 11 is 0. The Balaban J connectivity index is 2.57. The standard InChI is InChI=1S/C20H24N2O5/c1-5-27-19(26)14-12(2)21-16(15(14)13-9-7-6-8-10-13)17(24)18(25)22-20(3,4)11-23/h6-10,21,23H,5,11H2,1-4H3,(H,22,25). The van der Waals surface area contributed by atoms with Crippen molar-refractivity contribution in [2.24, 2.45) is 0 Å². The van der Waals surface area contributed by atoms with Crippen LogP contribution in [0.15, 0.2) is 30.3 Å². The Morgan fingerprint density at radius 1 is 1.19 bits per heavy atom. The number of hydrogen-bond acceptors (Lipinski definition) is 5. The van der Waals surface area contributed by atoms with Crippen LogP contribution in [0, 0.1) is 6.92 Å². The Kier molecular flexibility index (Phi) is 6.17. The number of ketones is 1. The van der Waals surface area contributed by atoms with Gasteiger partial charge in [-0.3, -0.25) is 9.59 Å². The van der Waals surface area contributed by atoms with Gasteiger partial charge in [-0.05, 0) is 33.3 Å². The summed E-state index contributed by atoms with van der Waals surface area (Å²) in [5, 5.41) is 11.8. The maximum Gasteiger partial charge on any atom is 0.340 e. The molecule has 0 atom stereocenters. The number of carbonyl (C=O) groups excluding carboxylic acids is 3. The maximum atomic E-state index is 12.8. The molecule has 0 saturated heterocycles. The number of rotatable bonds is 7. The molecule has 0 fully saturated rings. The van der Waals surface area contributed by atoms with Crippen LogP contribution in [-0.4, -0.2) is 46.5 Å². The molecule has 27 heavy (non-hydrogen) atoms. The Labute approximate surface area is 157 Å². The molecule has 1 amide bonds. The third kappa shape index (κ3) is 4.43. The molecule has 0 bridgehead atoms. The van der Waals surface area contributed by atoms with Crippen molar-refractivity contribution in [1.29, 1.82) is 0 Å². The van der Waals surface area contributed by atoms with E-state index in [0.717, 1.165) is 0 Å². The number of nitrogens with one attached hydrogen (secondary N) is 2. The molecular weight excluding hydrogens is 348 g/mol. The number of benzene rings is 1. The second-order valence-electron chi connectivity index (χ2n) is 6.79. The quantitative estimate of drug-likeness (QED) is 0.392. The molecule has 0 saturated carbocycles. The first-order valence-electron chi connectivity index (χ1n) is 8.64. The van der Waals surface area contributed by atoms with Crippen molar-refractivity contribution in [1.82, 2.24) is 10.3 Å². The van der Waals surface area contributed by atoms with Crippen molar-refractivity contribution in [3.8, 4) is 11.1 Å². The minimum atomic E-state index is -0.953. The predicted octanol–water partition coefficient (Wildman–Crippen LogP) is 2.24. The number of H-pyrrole nitrogens is 1. The number of Topliss-reactive ketones (excluding diaryl/α,β-unsaturated/α-hetero) is 1. The predicted molar refractivity (Wildman–Crippen MR) is 101 cm³/mol. The van der Waals surface area contributed by atoms with Crippen molar-refractivity contribution in [2.75, 3.05) is 13.2 Å². The monoisotopic (exact) mass is 372 g/mol. The van der Waals surface area contributed by atoms with Crippen LogP contribution in [-0.2, 0) is 9.53 Å². The van der Waals surface area contributed by atoms with Crippen LogP contribution in [0.3, 0.4) is 0 Å². The van der Waals surface area contributed by atoms with Gasteiger partial charge in [-0.2, -0.15) is 0 Å². The number of esters is 1. The lowest BCUT2D eigenvalue weighted by atomic mass is 9.98. The van der Waals surface area contributed by atoms with Crippen LogP contribution in [0.5, 0.6) is 0 Å². The first kappa shape index (κ1) is 20.4. The normalized spacial score (nSPS) is 11.1. The molecule has 0 aliphatic rings. The molecule has 1 aromatic carbocycles. The highest BCUT2D eigenvalue weighted by Gasteiger charge is 2.31. The lowest BCUT2D eigenvalue weighted by Crippen LogP contribution is -2.49. The maximum absolute atomic E-state index is 12.8. The average molecular weight is 372 g/mol. The van der Waals surface area contributed by atoms with Crippen molar-refractivity contribution in [3.63, 3.8) is 0 Å². The van der Waals surface area contributed by atoms with Crippen LogP contribution >= 0.6 is 0 Å². The zero-order chi connectivity index (χ0) is 20.2. The lowest BCUT2D eigenvalue weighted by molar-refractivity contribution is -0.119. The number of carbonyl (C=O) groups is 3. The van der Waals surface area contributed by atoms with Gasteiger partial charge in [0.2, 0.25) is 0 Å². The van der Waals surface area contributed by atoms with E-state index in [4.69, 9.17) is 4.74 Å². The van der Waals surface area contributed by atoms with Crippen molar-refractivity contribution >= 4 is 17.7 Å². The van der Waals surface area contributed by atoms with Gasteiger partial charge in [-0.1, -0.05) is 30.3 Å². The highest BCUT2D eigenvalue weighted by atomic mass is 16.5. The Hall–Kier alpha value is -2.93. The van der Waals surface area contributed by atoms with Crippen LogP contribution in [0.4, 0.5) is 0 Å². The van der Waals surface area contributed by atoms with E-state index in [1.54, 1.807) is 52.0 Å². The lowest BCUT2D eigenvalue weighted by Gasteiger charge is -2.22. The van der Waals surface area contributed by atoms with Gasteiger partial charge in [0.15, 0.2) is 0 Å². The zero-order valence-electron chi connectivity index (χ0n) is 15.9. The second kappa shape index (κ2) is 8.18. The smallest absolute Gasteiger partial charge is 0.340 e. The SMILES string of the molecule is CCOC(=O)c1c(C)[nH]c(C(=O)C(=O)NC(C)(C)CO)c1-c1ccccc1. The molecule has 0 aliphatic carbocycles. The summed E-state index contributed by atoms with van der Waals surface area (Å²) in [4.78, 5) is 40.5. The summed E-state index contributed by atoms with van der Waals surface area (Å²) in [7, 11) is 0. The Morgan fingerprint density at radius 3 is 2.37 bits per heavy atom. The molecule has 0 aliphatic heterocycles. The number of amides is 1. The van der Waals surface area contributed by atoms with E-state index in [9.17, 15) is 19.5 Å². The number of aliphatic hydroxyl groups excluding tert-OH is 1. The number of aliphatic hydroxyl groups is 1. The fourth-order valence-corrected chi connectivity index (χ4v) is 2.66. The van der Waals surface area contributed by atoms with Crippen LogP contribution in [0.25, 0.3) is 11.1 Å². The number of aromatic amines is 1. The van der Waals surface area contributed by atoms with Gasteiger partial charge in [0.05, 0.1) is 24.3 Å². The minimum absolute atomic E-state index is 0.00740. The summed E-state index contributed by atoms with van der Waals surface area (Å²) in [5.74, 6) is -2.27. The number of hydrogen-bond donors (Lipinski definition) is 3. The van der Waals surface area contributed by atoms with Gasteiger partial charge in [0, 0.05) is 11.3 Å². The van der Waals surface area contributed by atoms with Gasteiger partial charge >= 0.3 is 5.97 Å². The molecule has 7 nitrogen and oxygen atoms in total. The molecule has 3 N–H and O–H groups in total. The molecule has 144 valence electrons. The summed E-state index contributed by atoms with van der Waals surface area (Å²) in [6, 6.07) is 8.85. The highest BCUT2D eigenvalue weighted by molar-refractivity contribution is 6.44. The minimum Gasteiger partial charge on any atom is -0.462 e. The van der Waals surface area contributed by atoms with Crippen LogP contribution in [0.1, 0.15) is 47.3 Å². The summed E-state index contributed by atoms with van der Waals surface area (Å²) < 4.78 is 5.12. The van der Waals surface area contributed by atoms with Gasteiger partial charge < -0.3 is 20.1 Å². The molecule has 1 heterocycles. The summed E-state index contributed by atoms with van der Waals surface area (Å²) in [6.07, 6.45) is 0. The molecular formula is C20H24N2O5. The largest absolute Gasteiger partial charge is 0.462 e. The Bertz CT molecular complexity index is 853. The molecule has 2 aromatic rings. The molecule has 2 rings (SSSR count). The highest BCUT2D eigenvalue weighted by Crippen LogP contribution is 2.31. The van der Waals surface area contributed by atoms with Crippen molar-refractivity contribution in [2.45, 2.75) is 33.2 Å². The number of ether oxygens (including phenoxy) is 1. The van der Waals surface area contributed by atoms with E-state index in [0.29, 0.717) is 16.8 Å². The van der Waals surface area contributed by atoms with E-state index < -0.39 is 23.2 Å². The molecule has 1 aromatic heterocycles. The summed E-state index contributed by atoms with van der Waals surface area (Å²) in [6.45, 7) is 6.39. The van der Waals surface area contributed by atoms with Crippen LogP contribution in [0.2, 0.25) is 0 Å². The topological polar surface area (TPSA) is 108 Å². The van der Waals surface area contributed by atoms with E-state index in [1.807, 2.05) is 6.07 Å². The van der Waals surface area contributed by atoms with Gasteiger partial charge in [0.25, 0.3) is 11.7 Å².